The molecule has 6 heteroatoms. The number of benzene rings is 1. The van der Waals surface area contributed by atoms with Gasteiger partial charge in [-0.25, -0.2) is 0 Å². The van der Waals surface area contributed by atoms with E-state index in [0.717, 1.165) is 45.3 Å². The Balaban J connectivity index is 1.43. The van der Waals surface area contributed by atoms with Gasteiger partial charge in [-0.2, -0.15) is 0 Å². The summed E-state index contributed by atoms with van der Waals surface area (Å²) in [5, 5.41) is 13.3. The summed E-state index contributed by atoms with van der Waals surface area (Å²) in [6.07, 6.45) is 3.99. The van der Waals surface area contributed by atoms with Gasteiger partial charge in [0.25, 0.3) is 5.91 Å². The van der Waals surface area contributed by atoms with E-state index in [1.807, 2.05) is 18.2 Å². The molecule has 2 aliphatic rings. The smallest absolute Gasteiger partial charge is 0.253 e. The van der Waals surface area contributed by atoms with Crippen LogP contribution in [0.25, 0.3) is 0 Å². The van der Waals surface area contributed by atoms with E-state index in [-0.39, 0.29) is 17.7 Å². The minimum atomic E-state index is -1.19. The maximum atomic E-state index is 12.7. The number of aliphatic hydroxyl groups excluding tert-OH is 1. The molecule has 1 aromatic carbocycles. The quantitative estimate of drug-likeness (QED) is 0.780. The van der Waals surface area contributed by atoms with E-state index in [2.05, 4.69) is 22.3 Å². The fraction of sp³-hybridized carbons (Fsp3) is 0.636. The Morgan fingerprint density at radius 1 is 1.07 bits per heavy atom. The molecule has 0 spiro atoms. The summed E-state index contributed by atoms with van der Waals surface area (Å²) >= 11 is 0. The topological polar surface area (TPSA) is 72.9 Å². The van der Waals surface area contributed by atoms with E-state index in [9.17, 15) is 14.7 Å². The normalized spacial score (nSPS) is 21.1. The lowest BCUT2D eigenvalue weighted by Crippen LogP contribution is -2.55. The molecule has 2 fully saturated rings. The van der Waals surface area contributed by atoms with Crippen molar-refractivity contribution in [3.8, 4) is 0 Å². The maximum Gasteiger partial charge on any atom is 0.253 e. The molecule has 3 rings (SSSR count). The summed E-state index contributed by atoms with van der Waals surface area (Å²) in [6, 6.07) is 9.73. The second-order valence-corrected chi connectivity index (χ2v) is 8.16. The van der Waals surface area contributed by atoms with Gasteiger partial charge in [0.2, 0.25) is 5.91 Å². The van der Waals surface area contributed by atoms with Crippen molar-refractivity contribution in [3.63, 3.8) is 0 Å². The number of nitrogens with zero attached hydrogens (tertiary/aromatic N) is 2. The Morgan fingerprint density at radius 3 is 2.36 bits per heavy atom. The van der Waals surface area contributed by atoms with Crippen LogP contribution in [0.5, 0.6) is 0 Å². The van der Waals surface area contributed by atoms with E-state index in [1.165, 1.54) is 12.0 Å². The molecule has 2 amide bonds. The highest BCUT2D eigenvalue weighted by Gasteiger charge is 2.31. The van der Waals surface area contributed by atoms with Crippen LogP contribution >= 0.6 is 0 Å². The number of carbonyl (C=O) groups is 2. The highest BCUT2D eigenvalue weighted by atomic mass is 16.3. The predicted octanol–water partition coefficient (Wildman–Crippen LogP) is 1.78. The fourth-order valence-electron chi connectivity index (χ4n) is 4.15. The molecule has 0 bridgehead atoms. The molecule has 1 saturated carbocycles. The monoisotopic (exact) mass is 387 g/mol. The number of amides is 2. The zero-order chi connectivity index (χ0) is 19.9. The van der Waals surface area contributed by atoms with Crippen LogP contribution in [-0.2, 0) is 16.1 Å². The third-order valence-electron chi connectivity index (χ3n) is 6.01. The average Bonchev–Trinajstić information content (AvgIpc) is 2.74. The van der Waals surface area contributed by atoms with Crippen LogP contribution < -0.4 is 5.32 Å². The number of hydrogen-bond acceptors (Lipinski definition) is 4. The summed E-state index contributed by atoms with van der Waals surface area (Å²) in [5.74, 6) is -0.275. The van der Waals surface area contributed by atoms with E-state index in [0.29, 0.717) is 13.1 Å². The SMILES string of the molecule is C[C@H](NC(=O)C1CCCCC1)[C@H](O)C(=O)N1CCN(Cc2ccccc2)CC1. The summed E-state index contributed by atoms with van der Waals surface area (Å²) in [7, 11) is 0. The zero-order valence-electron chi connectivity index (χ0n) is 16.8. The van der Waals surface area contributed by atoms with Crippen molar-refractivity contribution >= 4 is 11.8 Å². The molecule has 1 heterocycles. The zero-order valence-corrected chi connectivity index (χ0v) is 16.8. The summed E-state index contributed by atoms with van der Waals surface area (Å²) < 4.78 is 0. The molecular formula is C22H33N3O3. The first-order valence-corrected chi connectivity index (χ1v) is 10.6. The summed E-state index contributed by atoms with van der Waals surface area (Å²) in [5.41, 5.74) is 1.27. The lowest BCUT2D eigenvalue weighted by Gasteiger charge is -2.36. The number of nitrogens with one attached hydrogen (secondary N) is 1. The van der Waals surface area contributed by atoms with Gasteiger partial charge in [0.1, 0.15) is 0 Å². The molecule has 2 N–H and O–H groups in total. The molecule has 0 aromatic heterocycles. The lowest BCUT2D eigenvalue weighted by molar-refractivity contribution is -0.144. The van der Waals surface area contributed by atoms with Crippen LogP contribution in [0.4, 0.5) is 0 Å². The van der Waals surface area contributed by atoms with Crippen molar-refractivity contribution in [2.45, 2.75) is 57.7 Å². The summed E-state index contributed by atoms with van der Waals surface area (Å²) in [4.78, 5) is 29.1. The molecule has 2 atom stereocenters. The van der Waals surface area contributed by atoms with Gasteiger partial charge >= 0.3 is 0 Å². The van der Waals surface area contributed by atoms with Gasteiger partial charge in [0.15, 0.2) is 6.10 Å². The Kier molecular flexibility index (Phi) is 7.45. The van der Waals surface area contributed by atoms with E-state index < -0.39 is 12.1 Å². The minimum absolute atomic E-state index is 0.0215. The molecule has 1 saturated heterocycles. The minimum Gasteiger partial charge on any atom is -0.381 e. The van der Waals surface area contributed by atoms with Gasteiger partial charge < -0.3 is 15.3 Å². The molecule has 6 nitrogen and oxygen atoms in total. The third-order valence-corrected chi connectivity index (χ3v) is 6.01. The number of hydrogen-bond donors (Lipinski definition) is 2. The molecular weight excluding hydrogens is 354 g/mol. The van der Waals surface area contributed by atoms with Crippen LogP contribution in [-0.4, -0.2) is 65.0 Å². The van der Waals surface area contributed by atoms with Gasteiger partial charge in [0, 0.05) is 38.6 Å². The molecule has 28 heavy (non-hydrogen) atoms. The van der Waals surface area contributed by atoms with Gasteiger partial charge in [-0.05, 0) is 25.3 Å². The first-order valence-electron chi connectivity index (χ1n) is 10.6. The molecule has 154 valence electrons. The van der Waals surface area contributed by atoms with Gasteiger partial charge in [-0.1, -0.05) is 49.6 Å². The van der Waals surface area contributed by atoms with Crippen molar-refractivity contribution < 1.29 is 14.7 Å². The largest absolute Gasteiger partial charge is 0.381 e. The molecule has 1 aliphatic heterocycles. The number of rotatable bonds is 6. The standard InChI is InChI=1S/C22H33N3O3/c1-17(23-21(27)19-10-6-3-7-11-19)20(26)22(28)25-14-12-24(13-15-25)16-18-8-4-2-5-9-18/h2,4-5,8-9,17,19-20,26H,3,6-7,10-16H2,1H3,(H,23,27)/t17-,20-/m0/s1. The highest BCUT2D eigenvalue weighted by molar-refractivity contribution is 5.84. The Labute approximate surface area is 167 Å². The van der Waals surface area contributed by atoms with Crippen molar-refractivity contribution in [2.24, 2.45) is 5.92 Å². The predicted molar refractivity (Wildman–Crippen MR) is 108 cm³/mol. The van der Waals surface area contributed by atoms with Crippen LogP contribution in [0.15, 0.2) is 30.3 Å². The van der Waals surface area contributed by atoms with E-state index in [4.69, 9.17) is 0 Å². The summed E-state index contributed by atoms with van der Waals surface area (Å²) in [6.45, 7) is 5.37. The maximum absolute atomic E-state index is 12.7. The average molecular weight is 388 g/mol. The molecule has 1 aliphatic carbocycles. The van der Waals surface area contributed by atoms with Crippen LogP contribution in [0, 0.1) is 5.92 Å². The van der Waals surface area contributed by atoms with Gasteiger partial charge in [-0.15, -0.1) is 0 Å². The molecule has 0 radical (unpaired) electrons. The van der Waals surface area contributed by atoms with Crippen LogP contribution in [0.3, 0.4) is 0 Å². The highest BCUT2D eigenvalue weighted by Crippen LogP contribution is 2.23. The van der Waals surface area contributed by atoms with Gasteiger partial charge in [0.05, 0.1) is 6.04 Å². The van der Waals surface area contributed by atoms with Crippen molar-refractivity contribution in [1.82, 2.24) is 15.1 Å². The third kappa shape index (κ3) is 5.55. The Hall–Kier alpha value is -1.92. The second kappa shape index (κ2) is 10.0. The van der Waals surface area contributed by atoms with Crippen molar-refractivity contribution in [2.75, 3.05) is 26.2 Å². The number of aliphatic hydroxyl groups is 1. The van der Waals surface area contributed by atoms with Crippen molar-refractivity contribution in [1.29, 1.82) is 0 Å². The van der Waals surface area contributed by atoms with Crippen molar-refractivity contribution in [3.05, 3.63) is 35.9 Å². The van der Waals surface area contributed by atoms with Gasteiger partial charge in [-0.3, -0.25) is 14.5 Å². The van der Waals surface area contributed by atoms with E-state index in [1.54, 1.807) is 11.8 Å². The Bertz CT molecular complexity index is 638. The number of carbonyl (C=O) groups excluding carboxylic acids is 2. The molecule has 1 aromatic rings. The number of piperazine rings is 1. The van der Waals surface area contributed by atoms with E-state index >= 15 is 0 Å². The fourth-order valence-corrected chi connectivity index (χ4v) is 4.15. The lowest BCUT2D eigenvalue weighted by atomic mass is 9.88. The Morgan fingerprint density at radius 2 is 1.71 bits per heavy atom. The molecule has 0 unspecified atom stereocenters. The first-order chi connectivity index (χ1) is 13.5. The second-order valence-electron chi connectivity index (χ2n) is 8.16. The van der Waals surface area contributed by atoms with Crippen LogP contribution in [0.1, 0.15) is 44.6 Å². The van der Waals surface area contributed by atoms with Crippen LogP contribution in [0.2, 0.25) is 0 Å². The first kappa shape index (κ1) is 20.8.